The number of methoxy groups -OCH3 is 1. The molecule has 0 bridgehead atoms. The lowest BCUT2D eigenvalue weighted by atomic mass is 9.96. The number of benzene rings is 2. The van der Waals surface area contributed by atoms with Crippen LogP contribution in [0.3, 0.4) is 0 Å². The quantitative estimate of drug-likeness (QED) is 0.377. The van der Waals surface area contributed by atoms with Gasteiger partial charge in [0.25, 0.3) is 0 Å². The first-order valence-corrected chi connectivity index (χ1v) is 15.4. The fourth-order valence-electron chi connectivity index (χ4n) is 5.09. The summed E-state index contributed by atoms with van der Waals surface area (Å²) in [6.07, 6.45) is 3.98. The van der Waals surface area contributed by atoms with E-state index in [4.69, 9.17) is 32.5 Å². The van der Waals surface area contributed by atoms with E-state index >= 15 is 0 Å². The van der Waals surface area contributed by atoms with Crippen molar-refractivity contribution < 1.29 is 22.5 Å². The number of carbonyl (C=O) groups excluding carboxylic acids is 1. The number of rotatable bonds is 8. The first-order chi connectivity index (χ1) is 19.2. The summed E-state index contributed by atoms with van der Waals surface area (Å²) in [5.41, 5.74) is 1.07. The largest absolute Gasteiger partial charge is 0.495 e. The minimum absolute atomic E-state index is 0.0725. The number of ether oxygens (including phenoxy) is 1. The third-order valence-corrected chi connectivity index (χ3v) is 9.79. The van der Waals surface area contributed by atoms with Crippen LogP contribution in [0.1, 0.15) is 38.0 Å². The Morgan fingerprint density at radius 1 is 1.07 bits per heavy atom. The Morgan fingerprint density at radius 3 is 2.52 bits per heavy atom. The van der Waals surface area contributed by atoms with E-state index in [1.165, 1.54) is 17.5 Å². The zero-order valence-electron chi connectivity index (χ0n) is 22.1. The highest BCUT2D eigenvalue weighted by molar-refractivity contribution is 7.89. The van der Waals surface area contributed by atoms with Gasteiger partial charge in [0.2, 0.25) is 27.6 Å². The Balaban J connectivity index is 1.18. The molecular weight excluding hydrogens is 577 g/mol. The lowest BCUT2D eigenvalue weighted by Crippen LogP contribution is -2.38. The molecule has 0 aliphatic carbocycles. The van der Waals surface area contributed by atoms with Gasteiger partial charge in [-0.15, -0.1) is 0 Å². The fourth-order valence-corrected chi connectivity index (χ4v) is 7.28. The third-order valence-electron chi connectivity index (χ3n) is 7.32. The van der Waals surface area contributed by atoms with Crippen LogP contribution in [0.2, 0.25) is 10.0 Å². The van der Waals surface area contributed by atoms with Crippen LogP contribution in [0.5, 0.6) is 5.75 Å². The number of nitrogens with zero attached hydrogens (tertiary/aromatic N) is 4. The molecule has 1 N–H and O–H groups in total. The van der Waals surface area contributed by atoms with Gasteiger partial charge in [-0.05, 0) is 75.2 Å². The molecule has 1 amide bonds. The molecule has 2 aliphatic heterocycles. The summed E-state index contributed by atoms with van der Waals surface area (Å²) in [6, 6.07) is 9.85. The van der Waals surface area contributed by atoms with Crippen molar-refractivity contribution >= 4 is 44.8 Å². The molecule has 2 fully saturated rings. The molecule has 0 atom stereocenters. The maximum Gasteiger partial charge on any atom is 0.246 e. The van der Waals surface area contributed by atoms with Crippen molar-refractivity contribution in [3.05, 3.63) is 52.3 Å². The van der Waals surface area contributed by atoms with Gasteiger partial charge in [-0.3, -0.25) is 9.69 Å². The molecule has 2 aromatic carbocycles. The summed E-state index contributed by atoms with van der Waals surface area (Å²) >= 11 is 12.2. The van der Waals surface area contributed by atoms with Crippen LogP contribution in [0.25, 0.3) is 11.4 Å². The fraction of sp³-hybridized carbons (Fsp3) is 0.444. The zero-order valence-corrected chi connectivity index (χ0v) is 24.4. The maximum atomic E-state index is 13.3. The van der Waals surface area contributed by atoms with Gasteiger partial charge in [0.15, 0.2) is 0 Å². The number of anilines is 1. The number of hydrogen-bond donors (Lipinski definition) is 1. The smallest absolute Gasteiger partial charge is 0.246 e. The highest BCUT2D eigenvalue weighted by Gasteiger charge is 2.30. The highest BCUT2D eigenvalue weighted by atomic mass is 35.5. The molecule has 2 saturated heterocycles. The third kappa shape index (κ3) is 6.44. The molecule has 1 aromatic heterocycles. The molecule has 40 heavy (non-hydrogen) atoms. The van der Waals surface area contributed by atoms with Crippen LogP contribution >= 0.6 is 23.2 Å². The molecule has 214 valence electrons. The van der Waals surface area contributed by atoms with Crippen molar-refractivity contribution in [2.45, 2.75) is 43.5 Å². The summed E-state index contributed by atoms with van der Waals surface area (Å²) in [4.78, 5) is 19.8. The van der Waals surface area contributed by atoms with Gasteiger partial charge in [0.05, 0.1) is 18.7 Å². The normalized spacial score (nSPS) is 17.6. The van der Waals surface area contributed by atoms with Crippen LogP contribution in [0.4, 0.5) is 5.69 Å². The molecule has 13 heteroatoms. The molecule has 3 heterocycles. The van der Waals surface area contributed by atoms with Crippen molar-refractivity contribution in [1.29, 1.82) is 0 Å². The van der Waals surface area contributed by atoms with Crippen molar-refractivity contribution in [1.82, 2.24) is 19.3 Å². The predicted octanol–water partition coefficient (Wildman–Crippen LogP) is 5.08. The number of hydrogen-bond acceptors (Lipinski definition) is 8. The van der Waals surface area contributed by atoms with Crippen molar-refractivity contribution in [3.63, 3.8) is 0 Å². The van der Waals surface area contributed by atoms with Gasteiger partial charge < -0.3 is 14.6 Å². The number of amides is 1. The second-order valence-corrected chi connectivity index (χ2v) is 12.8. The first-order valence-electron chi connectivity index (χ1n) is 13.2. The SMILES string of the molecule is COc1ccc(NC(=O)C2CCN(Cc3nc(-c4ccc(Cl)cc4Cl)no3)CC2)cc1S(=O)(=O)N1CCCCC1. The van der Waals surface area contributed by atoms with E-state index in [1.807, 2.05) is 0 Å². The van der Waals surface area contributed by atoms with Crippen LogP contribution in [0, 0.1) is 5.92 Å². The molecule has 0 spiro atoms. The standard InChI is InChI=1S/C27H31Cl2N5O5S/c1-38-23-8-6-20(16-24(23)40(36,37)34-11-3-2-4-12-34)30-27(35)18-9-13-33(14-10-18)17-25-31-26(32-39-25)21-7-5-19(28)15-22(21)29/h5-8,15-16,18H,2-4,9-14,17H2,1H3,(H,30,35). The molecule has 3 aromatic rings. The molecule has 10 nitrogen and oxygen atoms in total. The summed E-state index contributed by atoms with van der Waals surface area (Å²) in [6.45, 7) is 2.78. The summed E-state index contributed by atoms with van der Waals surface area (Å²) < 4.78 is 38.9. The van der Waals surface area contributed by atoms with Crippen molar-refractivity contribution in [3.8, 4) is 17.1 Å². The Bertz CT molecular complexity index is 1470. The monoisotopic (exact) mass is 607 g/mol. The van der Waals surface area contributed by atoms with Crippen LogP contribution in [0.15, 0.2) is 45.8 Å². The summed E-state index contributed by atoms with van der Waals surface area (Å²) in [5.74, 6) is 0.784. The van der Waals surface area contributed by atoms with Gasteiger partial charge in [-0.2, -0.15) is 9.29 Å². The van der Waals surface area contributed by atoms with Gasteiger partial charge >= 0.3 is 0 Å². The molecule has 0 radical (unpaired) electrons. The van der Waals surface area contributed by atoms with Crippen LogP contribution < -0.4 is 10.1 Å². The minimum atomic E-state index is -3.73. The van der Waals surface area contributed by atoms with Gasteiger partial charge in [-0.1, -0.05) is 34.8 Å². The van der Waals surface area contributed by atoms with E-state index in [-0.39, 0.29) is 22.5 Å². The summed E-state index contributed by atoms with van der Waals surface area (Å²) in [5, 5.41) is 7.93. The minimum Gasteiger partial charge on any atom is -0.495 e. The second kappa shape index (κ2) is 12.4. The molecule has 0 saturated carbocycles. The topological polar surface area (TPSA) is 118 Å². The number of nitrogens with one attached hydrogen (secondary N) is 1. The number of carbonyl (C=O) groups is 1. The van der Waals surface area contributed by atoms with Crippen molar-refractivity contribution in [2.24, 2.45) is 5.92 Å². The Labute approximate surface area is 243 Å². The first kappa shape index (κ1) is 28.8. The van der Waals surface area contributed by atoms with E-state index in [2.05, 4.69) is 20.4 Å². The Kier molecular flexibility index (Phi) is 8.96. The Hall–Kier alpha value is -2.70. The summed E-state index contributed by atoms with van der Waals surface area (Å²) in [7, 11) is -2.29. The lowest BCUT2D eigenvalue weighted by Gasteiger charge is -2.30. The van der Waals surface area contributed by atoms with E-state index in [0.717, 1.165) is 19.3 Å². The van der Waals surface area contributed by atoms with Gasteiger partial charge in [0.1, 0.15) is 10.6 Å². The Morgan fingerprint density at radius 2 is 1.82 bits per heavy atom. The molecular formula is C27H31Cl2N5O5S. The predicted molar refractivity (Wildman–Crippen MR) is 152 cm³/mol. The average Bonchev–Trinajstić information content (AvgIpc) is 3.41. The number of aromatic nitrogens is 2. The highest BCUT2D eigenvalue weighted by Crippen LogP contribution is 2.32. The number of likely N-dealkylation sites (tertiary alicyclic amines) is 1. The van der Waals surface area contributed by atoms with E-state index in [0.29, 0.717) is 78.6 Å². The number of sulfonamides is 1. The number of piperidine rings is 2. The van der Waals surface area contributed by atoms with Gasteiger partial charge in [-0.25, -0.2) is 8.42 Å². The molecule has 5 rings (SSSR count). The van der Waals surface area contributed by atoms with Crippen LogP contribution in [-0.4, -0.2) is 67.0 Å². The molecule has 2 aliphatic rings. The lowest BCUT2D eigenvalue weighted by molar-refractivity contribution is -0.121. The second-order valence-electron chi connectivity index (χ2n) is 10.0. The zero-order chi connectivity index (χ0) is 28.3. The number of halogens is 2. The van der Waals surface area contributed by atoms with E-state index in [9.17, 15) is 13.2 Å². The maximum absolute atomic E-state index is 13.3. The van der Waals surface area contributed by atoms with Gasteiger partial charge in [0, 0.05) is 35.3 Å². The van der Waals surface area contributed by atoms with E-state index in [1.54, 1.807) is 30.3 Å². The van der Waals surface area contributed by atoms with Crippen LogP contribution in [-0.2, 0) is 21.4 Å². The van der Waals surface area contributed by atoms with E-state index < -0.39 is 10.0 Å². The molecule has 0 unspecified atom stereocenters. The average molecular weight is 609 g/mol. The van der Waals surface area contributed by atoms with Crippen molar-refractivity contribution in [2.75, 3.05) is 38.6 Å².